The second kappa shape index (κ2) is 16.3. The van der Waals surface area contributed by atoms with Crippen LogP contribution in [0.1, 0.15) is 83.5 Å². The molecule has 0 spiro atoms. The number of esters is 1. The van der Waals surface area contributed by atoms with Crippen LogP contribution in [0.4, 0.5) is 0 Å². The molecule has 0 radical (unpaired) electrons. The highest BCUT2D eigenvalue weighted by Crippen LogP contribution is 2.09. The second-order valence-electron chi connectivity index (χ2n) is 5.73. The van der Waals surface area contributed by atoms with Gasteiger partial charge in [-0.1, -0.05) is 44.9 Å². The number of rotatable bonds is 16. The molecule has 0 heterocycles. The first-order chi connectivity index (χ1) is 10.7. The summed E-state index contributed by atoms with van der Waals surface area (Å²) < 4.78 is 5.15. The van der Waals surface area contributed by atoms with E-state index in [9.17, 15) is 9.59 Å². The number of aliphatic carboxylic acids is 1. The van der Waals surface area contributed by atoms with Crippen LogP contribution in [0.2, 0.25) is 0 Å². The Morgan fingerprint density at radius 2 is 1.18 bits per heavy atom. The first kappa shape index (κ1) is 20.9. The van der Waals surface area contributed by atoms with Gasteiger partial charge in [0.15, 0.2) is 0 Å². The Hall–Kier alpha value is -1.10. The second-order valence-corrected chi connectivity index (χ2v) is 5.73. The predicted molar refractivity (Wildman–Crippen MR) is 85.7 cm³/mol. The molecule has 22 heavy (non-hydrogen) atoms. The highest BCUT2D eigenvalue weighted by atomic mass is 16.5. The lowest BCUT2D eigenvalue weighted by Gasteiger charge is -2.05. The van der Waals surface area contributed by atoms with E-state index in [4.69, 9.17) is 14.9 Å². The van der Waals surface area contributed by atoms with Crippen molar-refractivity contribution in [1.29, 1.82) is 0 Å². The van der Waals surface area contributed by atoms with Gasteiger partial charge < -0.3 is 14.9 Å². The molecule has 0 rings (SSSR count). The highest BCUT2D eigenvalue weighted by Gasteiger charge is 2.03. The van der Waals surface area contributed by atoms with Crippen molar-refractivity contribution in [2.75, 3.05) is 13.2 Å². The van der Waals surface area contributed by atoms with Gasteiger partial charge in [0.1, 0.15) is 0 Å². The maximum absolute atomic E-state index is 11.4. The van der Waals surface area contributed by atoms with Crippen LogP contribution in [0, 0.1) is 0 Å². The molecule has 0 bridgehead atoms. The number of hydrogen-bond donors (Lipinski definition) is 2. The topological polar surface area (TPSA) is 83.8 Å². The van der Waals surface area contributed by atoms with Crippen molar-refractivity contribution in [3.05, 3.63) is 0 Å². The number of aliphatic hydroxyl groups excluding tert-OH is 1. The average Bonchev–Trinajstić information content (AvgIpc) is 2.48. The van der Waals surface area contributed by atoms with Gasteiger partial charge in [-0.2, -0.15) is 0 Å². The molecule has 0 aliphatic rings. The van der Waals surface area contributed by atoms with E-state index < -0.39 is 5.97 Å². The van der Waals surface area contributed by atoms with Gasteiger partial charge in [-0.05, 0) is 25.7 Å². The first-order valence-corrected chi connectivity index (χ1v) is 8.65. The Morgan fingerprint density at radius 3 is 1.77 bits per heavy atom. The molecule has 2 N–H and O–H groups in total. The van der Waals surface area contributed by atoms with Crippen LogP contribution in [0.5, 0.6) is 0 Å². The van der Waals surface area contributed by atoms with Gasteiger partial charge in [0.05, 0.1) is 6.61 Å². The van der Waals surface area contributed by atoms with E-state index in [2.05, 4.69) is 0 Å². The molecule has 0 amide bonds. The van der Waals surface area contributed by atoms with Crippen molar-refractivity contribution in [3.63, 3.8) is 0 Å². The highest BCUT2D eigenvalue weighted by molar-refractivity contribution is 5.69. The zero-order valence-electron chi connectivity index (χ0n) is 13.7. The molecule has 0 saturated carbocycles. The summed E-state index contributed by atoms with van der Waals surface area (Å²) in [6.45, 7) is 0.795. The number of carboxylic acid groups (broad SMARTS) is 1. The molecule has 0 aliphatic heterocycles. The lowest BCUT2D eigenvalue weighted by molar-refractivity contribution is -0.143. The fourth-order valence-corrected chi connectivity index (χ4v) is 2.26. The van der Waals surface area contributed by atoms with Crippen molar-refractivity contribution in [3.8, 4) is 0 Å². The Morgan fingerprint density at radius 1 is 0.682 bits per heavy atom. The minimum absolute atomic E-state index is 0.167. The molecule has 0 unspecified atom stereocenters. The average molecular weight is 316 g/mol. The molecule has 5 heteroatoms. The summed E-state index contributed by atoms with van der Waals surface area (Å²) in [4.78, 5) is 21.7. The zero-order valence-corrected chi connectivity index (χ0v) is 13.7. The van der Waals surface area contributed by atoms with Crippen LogP contribution in [0.15, 0.2) is 0 Å². The van der Waals surface area contributed by atoms with Crippen molar-refractivity contribution >= 4 is 11.9 Å². The third-order valence-electron chi connectivity index (χ3n) is 3.59. The van der Waals surface area contributed by atoms with Crippen LogP contribution in [-0.4, -0.2) is 35.4 Å². The molecular formula is C17H32O5. The number of carbonyl (C=O) groups is 2. The maximum atomic E-state index is 11.4. The van der Waals surface area contributed by atoms with E-state index >= 15 is 0 Å². The first-order valence-electron chi connectivity index (χ1n) is 8.65. The molecule has 0 aromatic carbocycles. The lowest BCUT2D eigenvalue weighted by Crippen LogP contribution is -2.05. The molecular weight excluding hydrogens is 284 g/mol. The molecule has 0 aliphatic carbocycles. The Labute approximate surface area is 134 Å². The van der Waals surface area contributed by atoms with E-state index in [1.807, 2.05) is 0 Å². The lowest BCUT2D eigenvalue weighted by atomic mass is 10.1. The van der Waals surface area contributed by atoms with Crippen LogP contribution >= 0.6 is 0 Å². The van der Waals surface area contributed by atoms with Crippen molar-refractivity contribution in [2.45, 2.75) is 83.5 Å². The van der Waals surface area contributed by atoms with E-state index in [1.165, 1.54) is 25.7 Å². The van der Waals surface area contributed by atoms with Crippen LogP contribution in [-0.2, 0) is 14.3 Å². The zero-order chi connectivity index (χ0) is 16.5. The van der Waals surface area contributed by atoms with Gasteiger partial charge in [-0.15, -0.1) is 0 Å². The quantitative estimate of drug-likeness (QED) is 0.335. The number of carbonyl (C=O) groups excluding carboxylic acids is 1. The SMILES string of the molecule is O=C(O)CCCCCC(=O)OCCCCCCCCCCO. The van der Waals surface area contributed by atoms with Gasteiger partial charge in [0.25, 0.3) is 0 Å². The minimum atomic E-state index is -0.782. The van der Waals surface area contributed by atoms with Crippen LogP contribution in [0.25, 0.3) is 0 Å². The number of unbranched alkanes of at least 4 members (excludes halogenated alkanes) is 9. The summed E-state index contributed by atoms with van der Waals surface area (Å²) in [7, 11) is 0. The summed E-state index contributed by atoms with van der Waals surface area (Å²) in [6.07, 6.45) is 11.5. The van der Waals surface area contributed by atoms with E-state index in [0.29, 0.717) is 32.5 Å². The third kappa shape index (κ3) is 17.0. The molecule has 130 valence electrons. The summed E-state index contributed by atoms with van der Waals surface area (Å²) in [6, 6.07) is 0. The van der Waals surface area contributed by atoms with Gasteiger partial charge in [0, 0.05) is 19.4 Å². The molecule has 0 atom stereocenters. The normalized spacial score (nSPS) is 10.6. The fourth-order valence-electron chi connectivity index (χ4n) is 2.26. The number of hydrogen-bond acceptors (Lipinski definition) is 4. The minimum Gasteiger partial charge on any atom is -0.481 e. The standard InChI is InChI=1S/C17H32O5/c18-14-10-5-3-1-2-4-6-11-15-22-17(21)13-9-7-8-12-16(19)20/h18H,1-15H2,(H,19,20). The Bertz CT molecular complexity index is 278. The summed E-state index contributed by atoms with van der Waals surface area (Å²) in [5.41, 5.74) is 0. The number of aliphatic hydroxyl groups is 1. The van der Waals surface area contributed by atoms with Crippen LogP contribution < -0.4 is 0 Å². The Kier molecular flexibility index (Phi) is 15.5. The summed E-state index contributed by atoms with van der Waals surface area (Å²) >= 11 is 0. The van der Waals surface area contributed by atoms with E-state index in [0.717, 1.165) is 32.1 Å². The monoisotopic (exact) mass is 316 g/mol. The molecule has 5 nitrogen and oxygen atoms in total. The van der Waals surface area contributed by atoms with Gasteiger partial charge in [0.2, 0.25) is 0 Å². The summed E-state index contributed by atoms with van der Waals surface area (Å²) in [5, 5.41) is 17.1. The van der Waals surface area contributed by atoms with Crippen molar-refractivity contribution in [2.24, 2.45) is 0 Å². The van der Waals surface area contributed by atoms with Gasteiger partial charge >= 0.3 is 11.9 Å². The number of ether oxygens (including phenoxy) is 1. The molecule has 0 saturated heterocycles. The Balaban J connectivity index is 3.16. The predicted octanol–water partition coefficient (Wildman–Crippen LogP) is 3.68. The number of carboxylic acids is 1. The molecule has 0 fully saturated rings. The fraction of sp³-hybridized carbons (Fsp3) is 0.882. The van der Waals surface area contributed by atoms with Gasteiger partial charge in [-0.3, -0.25) is 9.59 Å². The molecule has 0 aromatic heterocycles. The van der Waals surface area contributed by atoms with Crippen molar-refractivity contribution < 1.29 is 24.5 Å². The van der Waals surface area contributed by atoms with Gasteiger partial charge in [-0.25, -0.2) is 0 Å². The largest absolute Gasteiger partial charge is 0.481 e. The smallest absolute Gasteiger partial charge is 0.305 e. The van der Waals surface area contributed by atoms with Crippen molar-refractivity contribution in [1.82, 2.24) is 0 Å². The maximum Gasteiger partial charge on any atom is 0.305 e. The van der Waals surface area contributed by atoms with E-state index in [-0.39, 0.29) is 12.4 Å². The van der Waals surface area contributed by atoms with E-state index in [1.54, 1.807) is 0 Å². The molecule has 0 aromatic rings. The summed E-state index contributed by atoms with van der Waals surface area (Å²) in [5.74, 6) is -0.949. The third-order valence-corrected chi connectivity index (χ3v) is 3.59. The van der Waals surface area contributed by atoms with Crippen LogP contribution in [0.3, 0.4) is 0 Å².